The fraction of sp³-hybridized carbons (Fsp3) is 0.357. The Labute approximate surface area is 223 Å². The van der Waals surface area contributed by atoms with Gasteiger partial charge in [-0.05, 0) is 72.8 Å². The van der Waals surface area contributed by atoms with E-state index in [1.807, 2.05) is 53.4 Å². The van der Waals surface area contributed by atoms with E-state index in [1.54, 1.807) is 0 Å². The fourth-order valence-electron chi connectivity index (χ4n) is 5.18. The number of ether oxygens (including phenoxy) is 1. The smallest absolute Gasteiger partial charge is 0.450 e. The van der Waals surface area contributed by atoms with Gasteiger partial charge in [-0.25, -0.2) is 9.78 Å². The van der Waals surface area contributed by atoms with Crippen LogP contribution >= 0.6 is 11.6 Å². The zero-order valence-electron chi connectivity index (χ0n) is 20.5. The Hall–Kier alpha value is -3.30. The van der Waals surface area contributed by atoms with Crippen LogP contribution in [0.2, 0.25) is 5.02 Å². The van der Waals surface area contributed by atoms with Crippen LogP contribution in [0.1, 0.15) is 24.3 Å². The van der Waals surface area contributed by atoms with Gasteiger partial charge in [-0.2, -0.15) is 13.2 Å². The van der Waals surface area contributed by atoms with Crippen LogP contribution in [0.15, 0.2) is 60.7 Å². The van der Waals surface area contributed by atoms with Gasteiger partial charge in [-0.15, -0.1) is 0 Å². The number of nitrogens with zero attached hydrogens (tertiary/aromatic N) is 3. The zero-order valence-corrected chi connectivity index (χ0v) is 21.3. The van der Waals surface area contributed by atoms with Gasteiger partial charge in [0.15, 0.2) is 0 Å². The largest absolute Gasteiger partial charge is 0.506 e. The summed E-state index contributed by atoms with van der Waals surface area (Å²) in [4.78, 5) is 19.0. The summed E-state index contributed by atoms with van der Waals surface area (Å²) in [5, 5.41) is 9.37. The lowest BCUT2D eigenvalue weighted by atomic mass is 9.88. The molecule has 2 fully saturated rings. The highest BCUT2D eigenvalue weighted by Crippen LogP contribution is 2.36. The Morgan fingerprint density at radius 3 is 2.39 bits per heavy atom. The first-order valence-corrected chi connectivity index (χ1v) is 12.8. The molecular formula is C28H27ClF3N3O3. The maximum Gasteiger partial charge on any atom is 0.506 e. The van der Waals surface area contributed by atoms with Gasteiger partial charge in [0.25, 0.3) is 0 Å². The molecule has 0 unspecified atom stereocenters. The number of carbonyl (C=O) groups is 1. The summed E-state index contributed by atoms with van der Waals surface area (Å²) in [7, 11) is 0. The number of aromatic nitrogens is 1. The van der Waals surface area contributed by atoms with E-state index in [9.17, 15) is 18.0 Å². The first-order valence-electron chi connectivity index (χ1n) is 12.5. The number of benzene rings is 2. The molecule has 2 aliphatic rings. The van der Waals surface area contributed by atoms with Crippen molar-refractivity contribution in [2.45, 2.75) is 31.0 Å². The van der Waals surface area contributed by atoms with E-state index in [4.69, 9.17) is 26.4 Å². The summed E-state index contributed by atoms with van der Waals surface area (Å²) in [5.41, 5.74) is 4.68. The highest BCUT2D eigenvalue weighted by Gasteiger charge is 2.33. The second-order valence-corrected chi connectivity index (χ2v) is 10.2. The van der Waals surface area contributed by atoms with Crippen LogP contribution in [0.3, 0.4) is 0 Å². The van der Waals surface area contributed by atoms with Gasteiger partial charge in [-0.3, -0.25) is 4.90 Å². The van der Waals surface area contributed by atoms with Crippen molar-refractivity contribution in [3.8, 4) is 22.4 Å². The van der Waals surface area contributed by atoms with E-state index in [-0.39, 0.29) is 12.0 Å². The molecule has 0 radical (unpaired) electrons. The average Bonchev–Trinajstić information content (AvgIpc) is 2.85. The fourth-order valence-corrected chi connectivity index (χ4v) is 5.36. The van der Waals surface area contributed by atoms with Crippen molar-refractivity contribution in [1.82, 2.24) is 9.88 Å². The highest BCUT2D eigenvalue weighted by molar-refractivity contribution is 6.31. The normalized spacial score (nSPS) is 17.3. The molecular weight excluding hydrogens is 519 g/mol. The monoisotopic (exact) mass is 545 g/mol. The van der Waals surface area contributed by atoms with Crippen LogP contribution in [0, 0.1) is 0 Å². The Bertz CT molecular complexity index is 1290. The minimum atomic E-state index is -4.16. The molecule has 10 heteroatoms. The Balaban J connectivity index is 1.32. The van der Waals surface area contributed by atoms with E-state index in [0.29, 0.717) is 44.0 Å². The van der Waals surface area contributed by atoms with E-state index in [0.717, 1.165) is 33.8 Å². The van der Waals surface area contributed by atoms with Gasteiger partial charge in [0.1, 0.15) is 11.9 Å². The van der Waals surface area contributed by atoms with E-state index in [1.165, 1.54) is 4.90 Å². The molecule has 38 heavy (non-hydrogen) atoms. The van der Waals surface area contributed by atoms with Crippen molar-refractivity contribution in [3.05, 3.63) is 71.2 Å². The number of halogens is 4. The minimum Gasteiger partial charge on any atom is -0.450 e. The molecule has 0 atom stereocenters. The first kappa shape index (κ1) is 26.3. The predicted octanol–water partition coefficient (Wildman–Crippen LogP) is 6.69. The number of rotatable bonds is 6. The zero-order chi connectivity index (χ0) is 26.9. The molecule has 1 aromatic heterocycles. The second kappa shape index (κ2) is 10.8. The summed E-state index contributed by atoms with van der Waals surface area (Å²) in [6.07, 6.45) is -4.40. The summed E-state index contributed by atoms with van der Waals surface area (Å²) in [6, 6.07) is 19.5. The Morgan fingerprint density at radius 2 is 1.74 bits per heavy atom. The third-order valence-electron chi connectivity index (χ3n) is 7.12. The summed E-state index contributed by atoms with van der Waals surface area (Å²) >= 11 is 6.36. The van der Waals surface area contributed by atoms with Gasteiger partial charge in [0.05, 0.1) is 25.3 Å². The number of hydrogen-bond donors (Lipinski definition) is 1. The van der Waals surface area contributed by atoms with Gasteiger partial charge in [0.2, 0.25) is 0 Å². The number of alkyl halides is 3. The average molecular weight is 546 g/mol. The van der Waals surface area contributed by atoms with E-state index < -0.39 is 18.9 Å². The topological polar surface area (TPSA) is 65.9 Å². The van der Waals surface area contributed by atoms with Crippen LogP contribution in [0.4, 0.5) is 23.8 Å². The molecule has 3 heterocycles. The summed E-state index contributed by atoms with van der Waals surface area (Å²) in [5.74, 6) is 0.966. The van der Waals surface area contributed by atoms with Crippen LogP contribution in [-0.2, 0) is 4.74 Å². The van der Waals surface area contributed by atoms with Crippen molar-refractivity contribution >= 4 is 23.6 Å². The number of hydrogen-bond acceptors (Lipinski definition) is 5. The Kier molecular flexibility index (Phi) is 7.49. The third kappa shape index (κ3) is 6.22. The number of carboxylic acid groups (broad SMARTS) is 1. The van der Waals surface area contributed by atoms with Crippen LogP contribution in [0.5, 0.6) is 0 Å². The lowest BCUT2D eigenvalue weighted by molar-refractivity contribution is -0.147. The lowest BCUT2D eigenvalue weighted by Crippen LogP contribution is -2.53. The predicted molar refractivity (Wildman–Crippen MR) is 140 cm³/mol. The molecule has 0 amide bonds. The number of likely N-dealkylation sites (tertiary alicyclic amines) is 1. The van der Waals surface area contributed by atoms with Crippen molar-refractivity contribution in [3.63, 3.8) is 0 Å². The molecule has 2 aromatic carbocycles. The molecule has 200 valence electrons. The van der Waals surface area contributed by atoms with Crippen molar-refractivity contribution in [1.29, 1.82) is 0 Å². The molecule has 3 aromatic rings. The highest BCUT2D eigenvalue weighted by atomic mass is 35.5. The molecule has 0 saturated carbocycles. The summed E-state index contributed by atoms with van der Waals surface area (Å²) in [6.45, 7) is 0.927. The lowest BCUT2D eigenvalue weighted by Gasteiger charge is -2.38. The van der Waals surface area contributed by atoms with Crippen molar-refractivity contribution in [2.75, 3.05) is 37.6 Å². The van der Waals surface area contributed by atoms with Gasteiger partial charge < -0.3 is 14.7 Å². The molecule has 5 rings (SSSR count). The van der Waals surface area contributed by atoms with E-state index in [2.05, 4.69) is 12.1 Å². The number of pyridine rings is 1. The molecule has 0 bridgehead atoms. The van der Waals surface area contributed by atoms with Gasteiger partial charge in [-0.1, -0.05) is 48.0 Å². The minimum absolute atomic E-state index is 0.238. The standard InChI is InChI=1S/C28H27ClF3N3O3/c29-21-8-9-23(20-6-4-18(5-7-20)19-10-12-34(13-11-19)17-28(30,31)32)24(14-21)25-2-1-3-26(33-25)35-15-22(16-35)38-27(36)37/h1-9,14,19,22H,10-13,15-17H2,(H,36,37). The first-order chi connectivity index (χ1) is 18.1. The third-order valence-corrected chi connectivity index (χ3v) is 7.35. The molecule has 6 nitrogen and oxygen atoms in total. The Morgan fingerprint density at radius 1 is 1.03 bits per heavy atom. The number of piperidine rings is 1. The molecule has 2 aliphatic heterocycles. The van der Waals surface area contributed by atoms with Crippen molar-refractivity contribution in [2.24, 2.45) is 0 Å². The maximum atomic E-state index is 12.7. The molecule has 0 aliphatic carbocycles. The quantitative estimate of drug-likeness (QED) is 0.348. The van der Waals surface area contributed by atoms with Gasteiger partial charge >= 0.3 is 12.3 Å². The van der Waals surface area contributed by atoms with Crippen LogP contribution in [0.25, 0.3) is 22.4 Å². The van der Waals surface area contributed by atoms with Crippen LogP contribution < -0.4 is 4.90 Å². The maximum absolute atomic E-state index is 12.7. The molecule has 0 spiro atoms. The van der Waals surface area contributed by atoms with Gasteiger partial charge in [0, 0.05) is 10.6 Å². The molecule has 1 N–H and O–H groups in total. The van der Waals surface area contributed by atoms with Crippen LogP contribution in [-0.4, -0.2) is 66.1 Å². The number of anilines is 1. The summed E-state index contributed by atoms with van der Waals surface area (Å²) < 4.78 is 42.9. The van der Waals surface area contributed by atoms with E-state index >= 15 is 0 Å². The SMILES string of the molecule is O=C(O)OC1CN(c2cccc(-c3cc(Cl)ccc3-c3ccc(C4CCN(CC(F)(F)F)CC4)cc3)n2)C1. The second-order valence-electron chi connectivity index (χ2n) is 9.77. The molecule has 2 saturated heterocycles. The van der Waals surface area contributed by atoms with Crippen molar-refractivity contribution < 1.29 is 27.8 Å².